The van der Waals surface area contributed by atoms with Crippen LogP contribution in [0, 0.1) is 0 Å². The first-order chi connectivity index (χ1) is 12.6. The lowest BCUT2D eigenvalue weighted by Gasteiger charge is -2.36. The number of anilines is 1. The molecule has 7 heteroatoms. The monoisotopic (exact) mass is 354 g/mol. The lowest BCUT2D eigenvalue weighted by atomic mass is 10.0. The van der Waals surface area contributed by atoms with E-state index in [4.69, 9.17) is 0 Å². The van der Waals surface area contributed by atoms with E-state index in [9.17, 15) is 4.79 Å². The van der Waals surface area contributed by atoms with E-state index in [1.165, 1.54) is 38.8 Å². The number of nitrogens with zero attached hydrogens (tertiary/aromatic N) is 5. The van der Waals surface area contributed by atoms with Gasteiger partial charge < -0.3 is 19.4 Å². The molecule has 2 aromatic heterocycles. The molecule has 2 fully saturated rings. The molecule has 7 nitrogen and oxygen atoms in total. The molecule has 0 amide bonds. The van der Waals surface area contributed by atoms with Crippen molar-refractivity contribution in [2.24, 2.45) is 7.05 Å². The molecule has 2 aliphatic rings. The van der Waals surface area contributed by atoms with E-state index in [0.717, 1.165) is 24.7 Å². The van der Waals surface area contributed by atoms with Gasteiger partial charge in [-0.05, 0) is 50.9 Å². The predicted octanol–water partition coefficient (Wildman–Crippen LogP) is -0.193. The summed E-state index contributed by atoms with van der Waals surface area (Å²) in [5.74, 6) is 0.749. The Hall–Kier alpha value is -2.41. The molecular formula is C19H26N6O. The molecule has 0 aromatic carbocycles. The molecule has 4 heterocycles. The first-order valence-electron chi connectivity index (χ1n) is 9.39. The van der Waals surface area contributed by atoms with Gasteiger partial charge in [0.2, 0.25) is 5.95 Å². The fourth-order valence-electron chi connectivity index (χ4n) is 4.01. The van der Waals surface area contributed by atoms with Crippen LogP contribution in [0.4, 0.5) is 5.95 Å². The normalized spacial score (nSPS) is 20.2. The molecule has 138 valence electrons. The number of rotatable bonds is 3. The molecule has 0 atom stereocenters. The first kappa shape index (κ1) is 17.0. The average Bonchev–Trinajstić information content (AvgIpc) is 3.27. The van der Waals surface area contributed by atoms with E-state index < -0.39 is 0 Å². The van der Waals surface area contributed by atoms with Crippen molar-refractivity contribution >= 4 is 18.6 Å². The minimum atomic E-state index is -0.149. The lowest BCUT2D eigenvalue weighted by Crippen LogP contribution is -2.44. The van der Waals surface area contributed by atoms with E-state index in [1.54, 1.807) is 16.8 Å². The molecular weight excluding hydrogens is 328 g/mol. The van der Waals surface area contributed by atoms with E-state index in [2.05, 4.69) is 31.3 Å². The Balaban J connectivity index is 1.52. The maximum Gasteiger partial charge on any atom is 0.273 e. The smallest absolute Gasteiger partial charge is 0.273 e. The zero-order valence-electron chi connectivity index (χ0n) is 15.3. The summed E-state index contributed by atoms with van der Waals surface area (Å²) in [6.45, 7) is 8.30. The highest BCUT2D eigenvalue weighted by Crippen LogP contribution is 2.23. The first-order valence-corrected chi connectivity index (χ1v) is 9.39. The summed E-state index contributed by atoms with van der Waals surface area (Å²) in [6, 6.07) is 2.54. The molecule has 0 bridgehead atoms. The van der Waals surface area contributed by atoms with Gasteiger partial charge in [-0.15, -0.1) is 0 Å². The number of hydrogen-bond acceptors (Lipinski definition) is 5. The minimum Gasteiger partial charge on any atom is -0.341 e. The number of aromatic nitrogens is 4. The third-order valence-electron chi connectivity index (χ3n) is 5.61. The number of H-pyrrole nitrogens is 1. The van der Waals surface area contributed by atoms with Crippen molar-refractivity contribution in [1.29, 1.82) is 0 Å². The van der Waals surface area contributed by atoms with Crippen LogP contribution in [0.5, 0.6) is 0 Å². The molecule has 2 aliphatic heterocycles. The number of piperidine rings is 1. The largest absolute Gasteiger partial charge is 0.341 e. The van der Waals surface area contributed by atoms with Crippen molar-refractivity contribution in [3.8, 4) is 0 Å². The number of nitrogens with one attached hydrogen (secondary N) is 1. The second-order valence-electron chi connectivity index (χ2n) is 7.23. The summed E-state index contributed by atoms with van der Waals surface area (Å²) in [4.78, 5) is 28.7. The maximum absolute atomic E-state index is 12.0. The van der Waals surface area contributed by atoms with Gasteiger partial charge in [0, 0.05) is 32.4 Å². The van der Waals surface area contributed by atoms with Gasteiger partial charge in [-0.3, -0.25) is 4.79 Å². The Labute approximate surface area is 152 Å². The molecule has 0 unspecified atom stereocenters. The van der Waals surface area contributed by atoms with Crippen molar-refractivity contribution < 1.29 is 0 Å². The summed E-state index contributed by atoms with van der Waals surface area (Å²) >= 11 is 0. The Bertz CT molecular complexity index is 932. The third kappa shape index (κ3) is 3.31. The molecule has 0 radical (unpaired) electrons. The van der Waals surface area contributed by atoms with Crippen LogP contribution in [0.25, 0.3) is 12.7 Å². The van der Waals surface area contributed by atoms with Crippen molar-refractivity contribution in [1.82, 2.24) is 24.4 Å². The van der Waals surface area contributed by atoms with Crippen LogP contribution in [0.15, 0.2) is 17.1 Å². The highest BCUT2D eigenvalue weighted by Gasteiger charge is 2.27. The molecule has 2 aromatic rings. The number of imidazole rings is 1. The van der Waals surface area contributed by atoms with Crippen molar-refractivity contribution in [3.63, 3.8) is 0 Å². The zero-order chi connectivity index (χ0) is 18.1. The third-order valence-corrected chi connectivity index (χ3v) is 5.61. The standard InChI is InChI=1S/C19H26N6O/c1-14-21-18(26)17(23(14)2)13-15-5-8-20-19(22-15)25-11-6-16(7-12-25)24-9-3-4-10-24/h5,8,13,16H,1,3-4,6-7,9-12H2,2H3,(H,21,26)/b17-13-. The molecule has 26 heavy (non-hydrogen) atoms. The van der Waals surface area contributed by atoms with E-state index >= 15 is 0 Å². The number of hydrogen-bond donors (Lipinski definition) is 1. The quantitative estimate of drug-likeness (QED) is 0.827. The van der Waals surface area contributed by atoms with Gasteiger partial charge in [0.15, 0.2) is 0 Å². The second-order valence-corrected chi connectivity index (χ2v) is 7.23. The second kappa shape index (κ2) is 7.07. The van der Waals surface area contributed by atoms with Gasteiger partial charge in [0.05, 0.1) is 5.69 Å². The van der Waals surface area contributed by atoms with Crippen LogP contribution in [0.2, 0.25) is 0 Å². The zero-order valence-corrected chi connectivity index (χ0v) is 15.3. The van der Waals surface area contributed by atoms with Crippen LogP contribution < -0.4 is 21.3 Å². The molecule has 2 saturated heterocycles. The molecule has 1 N–H and O–H groups in total. The van der Waals surface area contributed by atoms with Crippen LogP contribution in [-0.4, -0.2) is 56.6 Å². The Morgan fingerprint density at radius 2 is 1.96 bits per heavy atom. The average molecular weight is 354 g/mol. The van der Waals surface area contributed by atoms with Crippen molar-refractivity contribution in [2.45, 2.75) is 31.7 Å². The fourth-order valence-corrected chi connectivity index (χ4v) is 4.01. The van der Waals surface area contributed by atoms with E-state index in [-0.39, 0.29) is 5.56 Å². The predicted molar refractivity (Wildman–Crippen MR) is 102 cm³/mol. The fraction of sp³-hybridized carbons (Fsp3) is 0.526. The molecule has 0 aliphatic carbocycles. The SMILES string of the molecule is C=c1[nH]c(=O)/c(=C/c2ccnc(N3CCC(N4CCCC4)CC3)n2)n1C. The summed E-state index contributed by atoms with van der Waals surface area (Å²) in [6.07, 6.45) is 8.57. The summed E-state index contributed by atoms with van der Waals surface area (Å²) in [7, 11) is 1.82. The summed E-state index contributed by atoms with van der Waals surface area (Å²) in [5.41, 5.74) is 1.17. The minimum absolute atomic E-state index is 0.149. The van der Waals surface area contributed by atoms with Crippen LogP contribution in [0.3, 0.4) is 0 Å². The topological polar surface area (TPSA) is 70.1 Å². The number of likely N-dealkylation sites (tertiary alicyclic amines) is 1. The van der Waals surface area contributed by atoms with Crippen molar-refractivity contribution in [3.05, 3.63) is 39.1 Å². The Morgan fingerprint density at radius 1 is 1.23 bits per heavy atom. The van der Waals surface area contributed by atoms with E-state index in [0.29, 0.717) is 16.9 Å². The van der Waals surface area contributed by atoms with Gasteiger partial charge in [-0.25, -0.2) is 9.97 Å². The van der Waals surface area contributed by atoms with Gasteiger partial charge in [-0.1, -0.05) is 6.58 Å². The van der Waals surface area contributed by atoms with Gasteiger partial charge in [-0.2, -0.15) is 0 Å². The number of aromatic amines is 1. The van der Waals surface area contributed by atoms with Gasteiger partial charge >= 0.3 is 0 Å². The lowest BCUT2D eigenvalue weighted by molar-refractivity contribution is 0.207. The summed E-state index contributed by atoms with van der Waals surface area (Å²) in [5, 5.41) is 0.549. The van der Waals surface area contributed by atoms with Gasteiger partial charge in [0.25, 0.3) is 5.56 Å². The van der Waals surface area contributed by atoms with Crippen molar-refractivity contribution in [2.75, 3.05) is 31.1 Å². The van der Waals surface area contributed by atoms with Crippen LogP contribution in [0.1, 0.15) is 31.4 Å². The molecule has 0 saturated carbocycles. The van der Waals surface area contributed by atoms with Gasteiger partial charge in [0.1, 0.15) is 10.8 Å². The highest BCUT2D eigenvalue weighted by molar-refractivity contribution is 5.46. The molecule has 0 spiro atoms. The Kier molecular flexibility index (Phi) is 4.63. The van der Waals surface area contributed by atoms with E-state index in [1.807, 2.05) is 13.1 Å². The highest BCUT2D eigenvalue weighted by atomic mass is 16.1. The maximum atomic E-state index is 12.0. The Morgan fingerprint density at radius 3 is 2.62 bits per heavy atom. The van der Waals surface area contributed by atoms with Crippen LogP contribution >= 0.6 is 0 Å². The van der Waals surface area contributed by atoms with Crippen LogP contribution in [-0.2, 0) is 7.05 Å². The molecule has 4 rings (SSSR count). The summed E-state index contributed by atoms with van der Waals surface area (Å²) < 4.78 is 1.74.